The van der Waals surface area contributed by atoms with Gasteiger partial charge in [-0.1, -0.05) is 0 Å². The molecule has 0 aliphatic carbocycles. The van der Waals surface area contributed by atoms with Gasteiger partial charge in [0.25, 0.3) is 0 Å². The van der Waals surface area contributed by atoms with Crippen LogP contribution in [0.15, 0.2) is 12.4 Å². The summed E-state index contributed by atoms with van der Waals surface area (Å²) in [5.74, 6) is 0.837. The summed E-state index contributed by atoms with van der Waals surface area (Å²) in [6.45, 7) is 4.41. The minimum atomic E-state index is -0.152. The van der Waals surface area contributed by atoms with Crippen LogP contribution in [0, 0.1) is 5.92 Å². The number of nitrogens with zero attached hydrogens (tertiary/aromatic N) is 2. The Morgan fingerprint density at radius 2 is 2.50 bits per heavy atom. The van der Waals surface area contributed by atoms with Crippen molar-refractivity contribution in [2.45, 2.75) is 19.4 Å². The second kappa shape index (κ2) is 4.65. The Morgan fingerprint density at radius 1 is 1.69 bits per heavy atom. The molecule has 2 unspecified atom stereocenters. The third-order valence-electron chi connectivity index (χ3n) is 3.14. The molecule has 0 saturated carbocycles. The normalized spacial score (nSPS) is 24.6. The third-order valence-corrected chi connectivity index (χ3v) is 3.14. The lowest BCUT2D eigenvalue weighted by atomic mass is 9.95. The van der Waals surface area contributed by atoms with Crippen molar-refractivity contribution < 1.29 is 9.53 Å². The summed E-state index contributed by atoms with van der Waals surface area (Å²) in [4.78, 5) is 16.0. The summed E-state index contributed by atoms with van der Waals surface area (Å²) >= 11 is 0. The van der Waals surface area contributed by atoms with Crippen LogP contribution in [0.1, 0.15) is 18.7 Å². The molecule has 0 bridgehead atoms. The highest BCUT2D eigenvalue weighted by molar-refractivity contribution is 5.74. The summed E-state index contributed by atoms with van der Waals surface area (Å²) in [7, 11) is 1.43. The van der Waals surface area contributed by atoms with E-state index in [0.29, 0.717) is 6.54 Å². The molecule has 2 rings (SSSR count). The quantitative estimate of drug-likeness (QED) is 0.753. The number of aromatic nitrogens is 2. The van der Waals surface area contributed by atoms with Crippen molar-refractivity contribution >= 4 is 5.97 Å². The standard InChI is InChI=1S/C11H17N3O2/c1-3-14-5-4-13-10(14)8-6-12-7-9(8)11(15)16-2/h4-5,8-9,12H,3,6-7H2,1-2H3. The Hall–Kier alpha value is -1.36. The molecule has 2 atom stereocenters. The number of carbonyl (C=O) groups is 1. The molecular weight excluding hydrogens is 206 g/mol. The maximum absolute atomic E-state index is 11.6. The fraction of sp³-hybridized carbons (Fsp3) is 0.636. The van der Waals surface area contributed by atoms with E-state index in [2.05, 4.69) is 21.8 Å². The van der Waals surface area contributed by atoms with E-state index in [0.717, 1.165) is 18.9 Å². The number of aryl methyl sites for hydroxylation is 1. The van der Waals surface area contributed by atoms with Crippen molar-refractivity contribution in [2.24, 2.45) is 5.92 Å². The SMILES string of the molecule is CCn1ccnc1C1CNCC1C(=O)OC. The molecule has 0 spiro atoms. The number of imidazole rings is 1. The molecule has 16 heavy (non-hydrogen) atoms. The molecule has 1 fully saturated rings. The largest absolute Gasteiger partial charge is 0.469 e. The Morgan fingerprint density at radius 3 is 3.19 bits per heavy atom. The molecular formula is C11H17N3O2. The molecule has 1 N–H and O–H groups in total. The Labute approximate surface area is 94.8 Å². The molecule has 88 valence electrons. The smallest absolute Gasteiger partial charge is 0.310 e. The second-order valence-corrected chi connectivity index (χ2v) is 3.97. The molecule has 5 nitrogen and oxygen atoms in total. The minimum Gasteiger partial charge on any atom is -0.469 e. The fourth-order valence-corrected chi connectivity index (χ4v) is 2.27. The molecule has 0 amide bonds. The predicted octanol–water partition coefficient (Wildman–Crippen LogP) is 0.379. The Bertz CT molecular complexity index is 375. The molecule has 0 aromatic carbocycles. The minimum absolute atomic E-state index is 0.113. The van der Waals surface area contributed by atoms with Crippen molar-refractivity contribution in [3.8, 4) is 0 Å². The zero-order valence-corrected chi connectivity index (χ0v) is 9.64. The van der Waals surface area contributed by atoms with Crippen molar-refractivity contribution in [1.82, 2.24) is 14.9 Å². The first-order valence-corrected chi connectivity index (χ1v) is 5.57. The first kappa shape index (κ1) is 11.1. The van der Waals surface area contributed by atoms with Gasteiger partial charge >= 0.3 is 5.97 Å². The summed E-state index contributed by atoms with van der Waals surface area (Å²) in [6.07, 6.45) is 3.73. The number of nitrogens with one attached hydrogen (secondary N) is 1. The Kier molecular flexibility index (Phi) is 3.24. The Balaban J connectivity index is 2.23. The first-order valence-electron chi connectivity index (χ1n) is 5.57. The molecule has 1 aromatic rings. The predicted molar refractivity (Wildman–Crippen MR) is 59.0 cm³/mol. The number of carbonyl (C=O) groups excluding carboxylic acids is 1. The highest BCUT2D eigenvalue weighted by Gasteiger charge is 2.37. The summed E-state index contributed by atoms with van der Waals surface area (Å²) < 4.78 is 6.90. The lowest BCUT2D eigenvalue weighted by Crippen LogP contribution is -2.24. The zero-order chi connectivity index (χ0) is 11.5. The highest BCUT2D eigenvalue weighted by atomic mass is 16.5. The van der Waals surface area contributed by atoms with Gasteiger partial charge in [-0.15, -0.1) is 0 Å². The molecule has 5 heteroatoms. The van der Waals surface area contributed by atoms with Crippen LogP contribution in [-0.4, -0.2) is 35.7 Å². The van der Waals surface area contributed by atoms with Crippen molar-refractivity contribution in [3.63, 3.8) is 0 Å². The lowest BCUT2D eigenvalue weighted by molar-refractivity contribution is -0.145. The van der Waals surface area contributed by atoms with E-state index in [1.165, 1.54) is 7.11 Å². The van der Waals surface area contributed by atoms with E-state index < -0.39 is 0 Å². The number of ether oxygens (including phenoxy) is 1. The average molecular weight is 223 g/mol. The van der Waals surface area contributed by atoms with Crippen molar-refractivity contribution in [1.29, 1.82) is 0 Å². The third kappa shape index (κ3) is 1.82. The van der Waals surface area contributed by atoms with Crippen LogP contribution < -0.4 is 5.32 Å². The maximum atomic E-state index is 11.6. The van der Waals surface area contributed by atoms with E-state index in [9.17, 15) is 4.79 Å². The second-order valence-electron chi connectivity index (χ2n) is 3.97. The van der Waals surface area contributed by atoms with Crippen molar-refractivity contribution in [3.05, 3.63) is 18.2 Å². The van der Waals surface area contributed by atoms with Crippen LogP contribution in [0.3, 0.4) is 0 Å². The zero-order valence-electron chi connectivity index (χ0n) is 9.64. The van der Waals surface area contributed by atoms with Gasteiger partial charge in [0.1, 0.15) is 5.82 Å². The van der Waals surface area contributed by atoms with Crippen LogP contribution in [-0.2, 0) is 16.1 Å². The molecule has 1 aromatic heterocycles. The summed E-state index contributed by atoms with van der Waals surface area (Å²) in [5.41, 5.74) is 0. The van der Waals surface area contributed by atoms with Gasteiger partial charge in [-0.25, -0.2) is 4.98 Å². The van der Waals surface area contributed by atoms with Gasteiger partial charge in [0.15, 0.2) is 0 Å². The van der Waals surface area contributed by atoms with Gasteiger partial charge in [0, 0.05) is 37.9 Å². The lowest BCUT2D eigenvalue weighted by Gasteiger charge is -2.16. The average Bonchev–Trinajstić information content (AvgIpc) is 2.94. The van der Waals surface area contributed by atoms with E-state index >= 15 is 0 Å². The van der Waals surface area contributed by atoms with E-state index in [-0.39, 0.29) is 17.8 Å². The fourth-order valence-electron chi connectivity index (χ4n) is 2.27. The molecule has 0 radical (unpaired) electrons. The van der Waals surface area contributed by atoms with Crippen LogP contribution in [0.25, 0.3) is 0 Å². The monoisotopic (exact) mass is 223 g/mol. The van der Waals surface area contributed by atoms with Crippen molar-refractivity contribution in [2.75, 3.05) is 20.2 Å². The topological polar surface area (TPSA) is 56.2 Å². The van der Waals surface area contributed by atoms with Gasteiger partial charge in [0.2, 0.25) is 0 Å². The van der Waals surface area contributed by atoms with Gasteiger partial charge in [-0.3, -0.25) is 4.79 Å². The molecule has 1 aliphatic heterocycles. The van der Waals surface area contributed by atoms with Crippen LogP contribution in [0.4, 0.5) is 0 Å². The first-order chi connectivity index (χ1) is 7.77. The summed E-state index contributed by atoms with van der Waals surface area (Å²) in [6, 6.07) is 0. The number of rotatable bonds is 3. The molecule has 1 saturated heterocycles. The van der Waals surface area contributed by atoms with Gasteiger partial charge in [-0.05, 0) is 6.92 Å². The number of hydrogen-bond donors (Lipinski definition) is 1. The molecule has 2 heterocycles. The van der Waals surface area contributed by atoms with E-state index in [1.54, 1.807) is 6.20 Å². The van der Waals surface area contributed by atoms with Gasteiger partial charge in [0.05, 0.1) is 13.0 Å². The van der Waals surface area contributed by atoms with E-state index in [1.807, 2.05) is 6.20 Å². The maximum Gasteiger partial charge on any atom is 0.310 e. The number of esters is 1. The van der Waals surface area contributed by atoms with Gasteiger partial charge in [-0.2, -0.15) is 0 Å². The van der Waals surface area contributed by atoms with Crippen LogP contribution in [0.2, 0.25) is 0 Å². The van der Waals surface area contributed by atoms with Crippen LogP contribution in [0.5, 0.6) is 0 Å². The number of methoxy groups -OCH3 is 1. The number of hydrogen-bond acceptors (Lipinski definition) is 4. The highest BCUT2D eigenvalue weighted by Crippen LogP contribution is 2.27. The van der Waals surface area contributed by atoms with Gasteiger partial charge < -0.3 is 14.6 Å². The van der Waals surface area contributed by atoms with Crippen LogP contribution >= 0.6 is 0 Å². The van der Waals surface area contributed by atoms with E-state index in [4.69, 9.17) is 4.74 Å². The molecule has 1 aliphatic rings. The summed E-state index contributed by atoms with van der Waals surface area (Å²) in [5, 5.41) is 3.22.